The molecule has 0 aliphatic heterocycles. The molecule has 0 aromatic rings. The third-order valence-electron chi connectivity index (χ3n) is 0.544. The molecule has 0 radical (unpaired) electrons. The molecule has 0 amide bonds. The van der Waals surface area contributed by atoms with E-state index in [9.17, 15) is 0 Å². The van der Waals surface area contributed by atoms with Crippen molar-refractivity contribution in [3.05, 3.63) is 0 Å². The summed E-state index contributed by atoms with van der Waals surface area (Å²) in [6, 6.07) is 0. The molecule has 0 aromatic carbocycles. The van der Waals surface area contributed by atoms with Crippen molar-refractivity contribution in [3.8, 4) is 0 Å². The molecular formula is C3H8ClNO3. The Labute approximate surface area is 52.3 Å². The van der Waals surface area contributed by atoms with Crippen molar-refractivity contribution in [1.82, 2.24) is 0 Å². The quantitative estimate of drug-likeness (QED) is 0.514. The number of hydrogen-bond acceptors (Lipinski definition) is 4. The molecule has 0 rings (SSSR count). The maximum absolute atomic E-state index is 8.63. The Morgan fingerprint density at radius 3 is 2.62 bits per heavy atom. The molecule has 0 heterocycles. The van der Waals surface area contributed by atoms with Crippen LogP contribution in [-0.4, -0.2) is 24.4 Å². The molecule has 50 valence electrons. The van der Waals surface area contributed by atoms with Crippen molar-refractivity contribution in [2.75, 3.05) is 13.2 Å². The van der Waals surface area contributed by atoms with Gasteiger partial charge in [-0.25, -0.2) is 5.90 Å². The fraction of sp³-hybridized carbons (Fsp3) is 1.00. The van der Waals surface area contributed by atoms with Gasteiger partial charge in [-0.2, -0.15) is 0 Å². The first-order valence-electron chi connectivity index (χ1n) is 2.04. The van der Waals surface area contributed by atoms with Crippen LogP contribution in [0, 0.1) is 0 Å². The summed E-state index contributed by atoms with van der Waals surface area (Å²) in [4.78, 5) is 4.07. The van der Waals surface area contributed by atoms with Gasteiger partial charge >= 0.3 is 0 Å². The Balaban J connectivity index is 2.92. The first kappa shape index (κ1) is 8.13. The maximum Gasteiger partial charge on any atom is 0.104 e. The molecule has 0 aliphatic rings. The van der Waals surface area contributed by atoms with Crippen LogP contribution in [0.2, 0.25) is 0 Å². The largest absolute Gasteiger partial charge is 0.388 e. The summed E-state index contributed by atoms with van der Waals surface area (Å²) in [7, 11) is 0. The molecule has 8 heavy (non-hydrogen) atoms. The van der Waals surface area contributed by atoms with Crippen molar-refractivity contribution in [1.29, 1.82) is 0 Å². The molecule has 0 spiro atoms. The predicted molar refractivity (Wildman–Crippen MR) is 28.0 cm³/mol. The van der Waals surface area contributed by atoms with Gasteiger partial charge in [-0.1, -0.05) is 0 Å². The average Bonchev–Trinajstić information content (AvgIpc) is 1.68. The standard InChI is InChI=1S/C3H8ClNO3/c4-7-1-3(6)2-8-5/h3,6H,1-2,5H2. The van der Waals surface area contributed by atoms with E-state index in [1.54, 1.807) is 0 Å². The fourth-order valence-corrected chi connectivity index (χ4v) is 0.377. The fourth-order valence-electron chi connectivity index (χ4n) is 0.232. The van der Waals surface area contributed by atoms with Gasteiger partial charge in [-0.15, -0.1) is 0 Å². The third-order valence-corrected chi connectivity index (χ3v) is 0.670. The molecule has 0 saturated carbocycles. The van der Waals surface area contributed by atoms with E-state index in [1.807, 2.05) is 0 Å². The van der Waals surface area contributed by atoms with Gasteiger partial charge in [0.2, 0.25) is 0 Å². The Bertz CT molecular complexity index is 47.8. The van der Waals surface area contributed by atoms with Gasteiger partial charge in [-0.3, -0.25) is 4.29 Å². The van der Waals surface area contributed by atoms with Gasteiger partial charge in [0, 0.05) is 0 Å². The molecule has 1 unspecified atom stereocenters. The van der Waals surface area contributed by atoms with Crippen molar-refractivity contribution >= 4 is 11.9 Å². The van der Waals surface area contributed by atoms with Crippen LogP contribution in [0.3, 0.4) is 0 Å². The average molecular weight is 142 g/mol. The molecule has 5 heteroatoms. The monoisotopic (exact) mass is 141 g/mol. The lowest BCUT2D eigenvalue weighted by Gasteiger charge is -2.03. The summed E-state index contributed by atoms with van der Waals surface area (Å²) in [5, 5.41) is 8.63. The van der Waals surface area contributed by atoms with E-state index < -0.39 is 6.10 Å². The zero-order valence-electron chi connectivity index (χ0n) is 4.21. The van der Waals surface area contributed by atoms with E-state index >= 15 is 0 Å². The van der Waals surface area contributed by atoms with E-state index in [4.69, 9.17) is 17.0 Å². The summed E-state index contributed by atoms with van der Waals surface area (Å²) in [6.07, 6.45) is -0.738. The number of aliphatic hydroxyl groups excluding tert-OH is 1. The summed E-state index contributed by atoms with van der Waals surface area (Å²) < 4.78 is 4.04. The van der Waals surface area contributed by atoms with Gasteiger partial charge in [0.25, 0.3) is 0 Å². The second-order valence-corrected chi connectivity index (χ2v) is 1.48. The smallest absolute Gasteiger partial charge is 0.104 e. The van der Waals surface area contributed by atoms with Gasteiger partial charge in [0.1, 0.15) is 6.10 Å². The zero-order chi connectivity index (χ0) is 6.41. The van der Waals surface area contributed by atoms with Crippen LogP contribution in [0.25, 0.3) is 0 Å². The SMILES string of the molecule is NOCC(O)COCl. The van der Waals surface area contributed by atoms with E-state index in [1.165, 1.54) is 0 Å². The van der Waals surface area contributed by atoms with E-state index in [2.05, 4.69) is 15.0 Å². The minimum Gasteiger partial charge on any atom is -0.388 e. The number of hydrogen-bond donors (Lipinski definition) is 2. The lowest BCUT2D eigenvalue weighted by molar-refractivity contribution is 0.0134. The minimum absolute atomic E-state index is 0.0265. The second kappa shape index (κ2) is 5.27. The molecule has 0 aromatic heterocycles. The maximum atomic E-state index is 8.63. The van der Waals surface area contributed by atoms with Crippen molar-refractivity contribution in [2.45, 2.75) is 6.10 Å². The summed E-state index contributed by atoms with van der Waals surface area (Å²) in [5.74, 6) is 4.60. The Morgan fingerprint density at radius 2 is 2.25 bits per heavy atom. The van der Waals surface area contributed by atoms with E-state index in [-0.39, 0.29) is 13.2 Å². The number of aliphatic hydroxyl groups is 1. The van der Waals surface area contributed by atoms with Crippen LogP contribution in [0.15, 0.2) is 0 Å². The highest BCUT2D eigenvalue weighted by atomic mass is 35.5. The van der Waals surface area contributed by atoms with Gasteiger partial charge < -0.3 is 9.94 Å². The number of nitrogens with two attached hydrogens (primary N) is 1. The third kappa shape index (κ3) is 4.29. The molecule has 3 N–H and O–H groups in total. The van der Waals surface area contributed by atoms with Crippen LogP contribution >= 0.6 is 11.9 Å². The molecule has 0 aliphatic carbocycles. The second-order valence-electron chi connectivity index (χ2n) is 1.26. The van der Waals surface area contributed by atoms with Gasteiger partial charge in [-0.05, 0) is 0 Å². The lowest BCUT2D eigenvalue weighted by atomic mass is 10.4. The van der Waals surface area contributed by atoms with Crippen LogP contribution in [-0.2, 0) is 9.13 Å². The first-order chi connectivity index (χ1) is 3.81. The lowest BCUT2D eigenvalue weighted by Crippen LogP contribution is -2.21. The van der Waals surface area contributed by atoms with Crippen molar-refractivity contribution < 1.29 is 14.2 Å². The minimum atomic E-state index is -0.738. The normalized spacial score (nSPS) is 13.9. The van der Waals surface area contributed by atoms with Gasteiger partial charge in [0.05, 0.1) is 25.1 Å². The van der Waals surface area contributed by atoms with Crippen LogP contribution in [0.1, 0.15) is 0 Å². The summed E-state index contributed by atoms with van der Waals surface area (Å²) in [5.41, 5.74) is 0. The highest BCUT2D eigenvalue weighted by Crippen LogP contribution is 1.86. The van der Waals surface area contributed by atoms with Crippen molar-refractivity contribution in [2.24, 2.45) is 5.90 Å². The first-order valence-corrected chi connectivity index (χ1v) is 2.35. The summed E-state index contributed by atoms with van der Waals surface area (Å²) in [6.45, 7) is 0.0610. The molecule has 4 nitrogen and oxygen atoms in total. The highest BCUT2D eigenvalue weighted by Gasteiger charge is 2.01. The topological polar surface area (TPSA) is 64.7 Å². The van der Waals surface area contributed by atoms with Crippen LogP contribution in [0.5, 0.6) is 0 Å². The number of rotatable bonds is 4. The summed E-state index contributed by atoms with van der Waals surface area (Å²) >= 11 is 4.78. The molecule has 0 saturated heterocycles. The Kier molecular flexibility index (Phi) is 5.36. The van der Waals surface area contributed by atoms with Crippen LogP contribution < -0.4 is 5.90 Å². The highest BCUT2D eigenvalue weighted by molar-refractivity contribution is 6.07. The molecular weight excluding hydrogens is 133 g/mol. The van der Waals surface area contributed by atoms with Gasteiger partial charge in [0.15, 0.2) is 0 Å². The Morgan fingerprint density at radius 1 is 1.62 bits per heavy atom. The molecule has 0 fully saturated rings. The van der Waals surface area contributed by atoms with Crippen molar-refractivity contribution in [3.63, 3.8) is 0 Å². The molecule has 0 bridgehead atoms. The molecule has 1 atom stereocenters. The van der Waals surface area contributed by atoms with E-state index in [0.29, 0.717) is 0 Å². The predicted octanol–water partition coefficient (Wildman–Crippen LogP) is -0.592. The zero-order valence-corrected chi connectivity index (χ0v) is 4.97. The van der Waals surface area contributed by atoms with E-state index in [0.717, 1.165) is 0 Å². The number of halogens is 1. The Hall–Kier alpha value is 0.130. The van der Waals surface area contributed by atoms with Crippen LogP contribution in [0.4, 0.5) is 0 Å².